The van der Waals surface area contributed by atoms with Crippen LogP contribution in [0.25, 0.3) is 0 Å². The van der Waals surface area contributed by atoms with E-state index < -0.39 is 0 Å². The molecule has 0 aliphatic carbocycles. The van der Waals surface area contributed by atoms with Crippen LogP contribution in [0.4, 0.5) is 10.1 Å². The van der Waals surface area contributed by atoms with E-state index in [1.54, 1.807) is 12.1 Å². The van der Waals surface area contributed by atoms with Gasteiger partial charge in [-0.3, -0.25) is 0 Å². The summed E-state index contributed by atoms with van der Waals surface area (Å²) < 4.78 is 19.2. The molecule has 1 aromatic carbocycles. The van der Waals surface area contributed by atoms with Crippen molar-refractivity contribution in [2.45, 2.75) is 20.0 Å². The molecule has 4 heteroatoms. The summed E-state index contributed by atoms with van der Waals surface area (Å²) in [5.41, 5.74) is 7.15. The predicted octanol–water partition coefficient (Wildman–Crippen LogP) is 2.82. The molecule has 96 valence electrons. The van der Waals surface area contributed by atoms with Gasteiger partial charge in [0.1, 0.15) is 17.3 Å². The Morgan fingerprint density at radius 1 is 1.33 bits per heavy atom. The highest BCUT2D eigenvalue weighted by atomic mass is 19.1. The molecule has 0 atom stereocenters. The molecule has 0 amide bonds. The standard InChI is InChI=1S/C14H17FN2O/c1-10-11(8-16)7-12(18-10)9-17(2)14-6-4-3-5-13(14)15/h3-7H,8-9,16H2,1-2H3. The molecular formula is C14H17FN2O. The molecule has 2 N–H and O–H groups in total. The van der Waals surface area contributed by atoms with Crippen LogP contribution in [-0.2, 0) is 13.1 Å². The van der Waals surface area contributed by atoms with Crippen molar-refractivity contribution in [2.75, 3.05) is 11.9 Å². The Bertz CT molecular complexity index is 536. The van der Waals surface area contributed by atoms with E-state index in [-0.39, 0.29) is 5.82 Å². The van der Waals surface area contributed by atoms with Gasteiger partial charge in [-0.1, -0.05) is 12.1 Å². The number of rotatable bonds is 4. The minimum Gasteiger partial charge on any atom is -0.464 e. The van der Waals surface area contributed by atoms with Crippen molar-refractivity contribution in [3.8, 4) is 0 Å². The number of nitrogens with two attached hydrogens (primary N) is 1. The van der Waals surface area contributed by atoms with Crippen LogP contribution in [0.15, 0.2) is 34.7 Å². The summed E-state index contributed by atoms with van der Waals surface area (Å²) in [5.74, 6) is 1.38. The highest BCUT2D eigenvalue weighted by Gasteiger charge is 2.11. The summed E-state index contributed by atoms with van der Waals surface area (Å²) >= 11 is 0. The molecule has 1 heterocycles. The third kappa shape index (κ3) is 2.54. The SMILES string of the molecule is Cc1oc(CN(C)c2ccccc2F)cc1CN. The average molecular weight is 248 g/mol. The van der Waals surface area contributed by atoms with Gasteiger partial charge in [-0.25, -0.2) is 4.39 Å². The molecule has 2 aromatic rings. The fraction of sp³-hybridized carbons (Fsp3) is 0.286. The first-order valence-electron chi connectivity index (χ1n) is 5.85. The summed E-state index contributed by atoms with van der Waals surface area (Å²) in [7, 11) is 1.83. The second-order valence-electron chi connectivity index (χ2n) is 4.31. The van der Waals surface area contributed by atoms with Crippen molar-refractivity contribution in [3.05, 3.63) is 53.2 Å². The number of aryl methyl sites for hydroxylation is 1. The van der Waals surface area contributed by atoms with E-state index in [9.17, 15) is 4.39 Å². The van der Waals surface area contributed by atoms with Crippen molar-refractivity contribution < 1.29 is 8.81 Å². The summed E-state index contributed by atoms with van der Waals surface area (Å²) in [6.07, 6.45) is 0. The van der Waals surface area contributed by atoms with Gasteiger partial charge in [0.15, 0.2) is 0 Å². The van der Waals surface area contributed by atoms with Crippen LogP contribution in [-0.4, -0.2) is 7.05 Å². The highest BCUT2D eigenvalue weighted by molar-refractivity contribution is 5.47. The van der Waals surface area contributed by atoms with E-state index in [1.807, 2.05) is 31.0 Å². The molecule has 0 unspecified atom stereocenters. The van der Waals surface area contributed by atoms with Crippen LogP contribution in [0.1, 0.15) is 17.1 Å². The summed E-state index contributed by atoms with van der Waals surface area (Å²) in [6, 6.07) is 8.61. The number of anilines is 1. The van der Waals surface area contributed by atoms with Gasteiger partial charge in [0, 0.05) is 19.2 Å². The maximum absolute atomic E-state index is 13.6. The van der Waals surface area contributed by atoms with Crippen LogP contribution in [0.2, 0.25) is 0 Å². The lowest BCUT2D eigenvalue weighted by Gasteiger charge is -2.18. The van der Waals surface area contributed by atoms with E-state index in [4.69, 9.17) is 10.2 Å². The van der Waals surface area contributed by atoms with E-state index in [0.29, 0.717) is 18.8 Å². The predicted molar refractivity (Wildman–Crippen MR) is 69.8 cm³/mol. The first-order chi connectivity index (χ1) is 8.61. The molecule has 0 radical (unpaired) electrons. The monoisotopic (exact) mass is 248 g/mol. The Hall–Kier alpha value is -1.81. The minimum absolute atomic E-state index is 0.234. The molecule has 0 saturated carbocycles. The van der Waals surface area contributed by atoms with Crippen LogP contribution >= 0.6 is 0 Å². The molecule has 0 aliphatic heterocycles. The van der Waals surface area contributed by atoms with Crippen LogP contribution in [0.5, 0.6) is 0 Å². The third-order valence-electron chi connectivity index (χ3n) is 2.95. The number of hydrogen-bond acceptors (Lipinski definition) is 3. The van der Waals surface area contributed by atoms with E-state index in [1.165, 1.54) is 6.07 Å². The van der Waals surface area contributed by atoms with Crippen molar-refractivity contribution >= 4 is 5.69 Å². The number of nitrogens with zero attached hydrogens (tertiary/aromatic N) is 1. The average Bonchev–Trinajstić information content (AvgIpc) is 2.69. The Balaban J connectivity index is 2.16. The quantitative estimate of drug-likeness (QED) is 0.904. The molecule has 0 fully saturated rings. The number of benzene rings is 1. The lowest BCUT2D eigenvalue weighted by molar-refractivity contribution is 0.478. The van der Waals surface area contributed by atoms with Gasteiger partial charge < -0.3 is 15.1 Å². The number of furan rings is 1. The normalized spacial score (nSPS) is 10.7. The number of hydrogen-bond donors (Lipinski definition) is 1. The second-order valence-corrected chi connectivity index (χ2v) is 4.31. The number of para-hydroxylation sites is 1. The van der Waals surface area contributed by atoms with Crippen LogP contribution < -0.4 is 10.6 Å². The van der Waals surface area contributed by atoms with Crippen molar-refractivity contribution in [1.82, 2.24) is 0 Å². The van der Waals surface area contributed by atoms with E-state index in [2.05, 4.69) is 0 Å². The molecule has 1 aromatic heterocycles. The Morgan fingerprint density at radius 3 is 2.67 bits per heavy atom. The maximum Gasteiger partial charge on any atom is 0.146 e. The fourth-order valence-corrected chi connectivity index (χ4v) is 1.95. The highest BCUT2D eigenvalue weighted by Crippen LogP contribution is 2.21. The van der Waals surface area contributed by atoms with Crippen LogP contribution in [0.3, 0.4) is 0 Å². The zero-order chi connectivity index (χ0) is 13.1. The lowest BCUT2D eigenvalue weighted by atomic mass is 10.2. The van der Waals surface area contributed by atoms with Crippen molar-refractivity contribution in [3.63, 3.8) is 0 Å². The molecule has 0 spiro atoms. The first kappa shape index (κ1) is 12.6. The molecule has 2 rings (SSSR count). The molecule has 18 heavy (non-hydrogen) atoms. The molecule has 3 nitrogen and oxygen atoms in total. The molecule has 0 bridgehead atoms. The zero-order valence-corrected chi connectivity index (χ0v) is 10.6. The fourth-order valence-electron chi connectivity index (χ4n) is 1.95. The van der Waals surface area contributed by atoms with Crippen LogP contribution in [0, 0.1) is 12.7 Å². The second kappa shape index (κ2) is 5.23. The summed E-state index contributed by atoms with van der Waals surface area (Å²) in [6.45, 7) is 2.86. The van der Waals surface area contributed by atoms with Gasteiger partial charge >= 0.3 is 0 Å². The maximum atomic E-state index is 13.6. The van der Waals surface area contributed by atoms with Gasteiger partial charge in [0.05, 0.1) is 12.2 Å². The Labute approximate surface area is 106 Å². The van der Waals surface area contributed by atoms with Gasteiger partial charge in [0.25, 0.3) is 0 Å². The first-order valence-corrected chi connectivity index (χ1v) is 5.85. The van der Waals surface area contributed by atoms with Gasteiger partial charge in [-0.2, -0.15) is 0 Å². The Morgan fingerprint density at radius 2 is 2.06 bits per heavy atom. The van der Waals surface area contributed by atoms with E-state index >= 15 is 0 Å². The molecule has 0 saturated heterocycles. The third-order valence-corrected chi connectivity index (χ3v) is 2.95. The van der Waals surface area contributed by atoms with Gasteiger partial charge in [0.2, 0.25) is 0 Å². The van der Waals surface area contributed by atoms with Crippen molar-refractivity contribution in [2.24, 2.45) is 5.73 Å². The van der Waals surface area contributed by atoms with Gasteiger partial charge in [-0.15, -0.1) is 0 Å². The Kier molecular flexibility index (Phi) is 3.67. The topological polar surface area (TPSA) is 42.4 Å². The minimum atomic E-state index is -0.234. The summed E-state index contributed by atoms with van der Waals surface area (Å²) in [5, 5.41) is 0. The zero-order valence-electron chi connectivity index (χ0n) is 10.6. The van der Waals surface area contributed by atoms with Crippen molar-refractivity contribution in [1.29, 1.82) is 0 Å². The lowest BCUT2D eigenvalue weighted by Crippen LogP contribution is -2.17. The molecule has 0 aliphatic rings. The largest absolute Gasteiger partial charge is 0.464 e. The summed E-state index contributed by atoms with van der Waals surface area (Å²) in [4.78, 5) is 1.81. The van der Waals surface area contributed by atoms with Gasteiger partial charge in [-0.05, 0) is 25.1 Å². The van der Waals surface area contributed by atoms with E-state index in [0.717, 1.165) is 17.1 Å². The number of halogens is 1. The smallest absolute Gasteiger partial charge is 0.146 e. The molecular weight excluding hydrogens is 231 g/mol.